The molecule has 4 heteroatoms. The fraction of sp³-hybridized carbons (Fsp3) is 0.909. The summed E-state index contributed by atoms with van der Waals surface area (Å²) in [5.41, 5.74) is 5.75. The van der Waals surface area contributed by atoms with Gasteiger partial charge in [-0.1, -0.05) is 6.92 Å². The van der Waals surface area contributed by atoms with Crippen LogP contribution in [0.15, 0.2) is 0 Å². The zero-order chi connectivity index (χ0) is 11.3. The van der Waals surface area contributed by atoms with E-state index in [1.165, 1.54) is 0 Å². The summed E-state index contributed by atoms with van der Waals surface area (Å²) in [5, 5.41) is 2.95. The lowest BCUT2D eigenvalue weighted by Gasteiger charge is -2.33. The number of nitrogens with two attached hydrogens (primary N) is 1. The van der Waals surface area contributed by atoms with E-state index in [9.17, 15) is 4.79 Å². The molecule has 0 aromatic rings. The number of hydrogen-bond acceptors (Lipinski definition) is 3. The molecule has 0 radical (unpaired) electrons. The van der Waals surface area contributed by atoms with Crippen LogP contribution in [0, 0.1) is 5.41 Å². The van der Waals surface area contributed by atoms with Crippen LogP contribution in [0.25, 0.3) is 0 Å². The maximum absolute atomic E-state index is 11.4. The smallest absolute Gasteiger partial charge is 0.221 e. The zero-order valence-corrected chi connectivity index (χ0v) is 9.71. The Hall–Kier alpha value is -0.610. The van der Waals surface area contributed by atoms with Crippen LogP contribution in [-0.4, -0.2) is 31.7 Å². The van der Waals surface area contributed by atoms with Crippen LogP contribution in [0.3, 0.4) is 0 Å². The van der Waals surface area contributed by atoms with Crippen LogP contribution in [0.2, 0.25) is 0 Å². The van der Waals surface area contributed by atoms with E-state index < -0.39 is 0 Å². The van der Waals surface area contributed by atoms with Crippen LogP contribution in [-0.2, 0) is 9.53 Å². The Balaban J connectivity index is 2.25. The molecule has 4 nitrogen and oxygen atoms in total. The van der Waals surface area contributed by atoms with Gasteiger partial charge in [0, 0.05) is 32.2 Å². The van der Waals surface area contributed by atoms with Crippen LogP contribution >= 0.6 is 0 Å². The van der Waals surface area contributed by atoms with E-state index in [1.807, 2.05) is 6.92 Å². The molecule has 1 aliphatic heterocycles. The highest BCUT2D eigenvalue weighted by Crippen LogP contribution is 2.28. The van der Waals surface area contributed by atoms with Gasteiger partial charge in [-0.25, -0.2) is 0 Å². The maximum atomic E-state index is 11.4. The lowest BCUT2D eigenvalue weighted by atomic mass is 9.82. The molecule has 1 rings (SSSR count). The fourth-order valence-corrected chi connectivity index (χ4v) is 1.72. The third-order valence-electron chi connectivity index (χ3n) is 2.92. The van der Waals surface area contributed by atoms with Crippen molar-refractivity contribution in [1.82, 2.24) is 5.32 Å². The van der Waals surface area contributed by atoms with Crippen LogP contribution in [0.4, 0.5) is 0 Å². The first-order valence-electron chi connectivity index (χ1n) is 5.62. The van der Waals surface area contributed by atoms with Crippen molar-refractivity contribution in [3.05, 3.63) is 0 Å². The fourth-order valence-electron chi connectivity index (χ4n) is 1.72. The van der Waals surface area contributed by atoms with E-state index in [1.54, 1.807) is 0 Å². The molecule has 1 saturated heterocycles. The van der Waals surface area contributed by atoms with Gasteiger partial charge in [-0.05, 0) is 25.2 Å². The molecule has 15 heavy (non-hydrogen) atoms. The van der Waals surface area contributed by atoms with Crippen LogP contribution in [0.1, 0.15) is 33.1 Å². The Bertz CT molecular complexity index is 211. The van der Waals surface area contributed by atoms with Gasteiger partial charge in [0.15, 0.2) is 0 Å². The minimum Gasteiger partial charge on any atom is -0.381 e. The van der Waals surface area contributed by atoms with Gasteiger partial charge >= 0.3 is 0 Å². The van der Waals surface area contributed by atoms with Crippen molar-refractivity contribution in [2.45, 2.75) is 39.2 Å². The predicted octanol–water partition coefficient (Wildman–Crippen LogP) is 0.657. The third-order valence-corrected chi connectivity index (χ3v) is 2.92. The van der Waals surface area contributed by atoms with E-state index >= 15 is 0 Å². The molecule has 1 fully saturated rings. The van der Waals surface area contributed by atoms with E-state index in [-0.39, 0.29) is 17.4 Å². The summed E-state index contributed by atoms with van der Waals surface area (Å²) in [4.78, 5) is 11.4. The van der Waals surface area contributed by atoms with Crippen molar-refractivity contribution in [2.75, 3.05) is 19.8 Å². The van der Waals surface area contributed by atoms with E-state index in [0.29, 0.717) is 6.42 Å². The lowest BCUT2D eigenvalue weighted by molar-refractivity contribution is -0.122. The molecule has 1 unspecified atom stereocenters. The van der Waals surface area contributed by atoms with Crippen molar-refractivity contribution in [2.24, 2.45) is 11.1 Å². The Morgan fingerprint density at radius 1 is 1.53 bits per heavy atom. The summed E-state index contributed by atoms with van der Waals surface area (Å²) in [6.45, 7) is 6.39. The molecule has 0 bridgehead atoms. The van der Waals surface area contributed by atoms with Crippen LogP contribution in [0.5, 0.6) is 0 Å². The van der Waals surface area contributed by atoms with Crippen molar-refractivity contribution < 1.29 is 9.53 Å². The lowest BCUT2D eigenvalue weighted by Crippen LogP contribution is -2.40. The SMILES string of the molecule is CC(N)CC(=O)NCC1(C)CCOCC1. The largest absolute Gasteiger partial charge is 0.381 e. The number of amides is 1. The Labute approximate surface area is 91.5 Å². The van der Waals surface area contributed by atoms with E-state index in [0.717, 1.165) is 32.6 Å². The number of carbonyl (C=O) groups excluding carboxylic acids is 1. The molecular weight excluding hydrogens is 192 g/mol. The average Bonchev–Trinajstić information content (AvgIpc) is 2.15. The molecule has 88 valence electrons. The first-order valence-corrected chi connectivity index (χ1v) is 5.62. The van der Waals surface area contributed by atoms with Crippen molar-refractivity contribution in [1.29, 1.82) is 0 Å². The molecule has 1 amide bonds. The predicted molar refractivity (Wildman–Crippen MR) is 59.4 cm³/mol. The maximum Gasteiger partial charge on any atom is 0.221 e. The molecule has 1 heterocycles. The Kier molecular flexibility index (Phi) is 4.54. The van der Waals surface area contributed by atoms with Crippen molar-refractivity contribution in [3.63, 3.8) is 0 Å². The second-order valence-corrected chi connectivity index (χ2v) is 4.88. The van der Waals surface area contributed by atoms with Gasteiger partial charge in [0.1, 0.15) is 0 Å². The van der Waals surface area contributed by atoms with Gasteiger partial charge in [0.25, 0.3) is 0 Å². The Morgan fingerprint density at radius 3 is 2.67 bits per heavy atom. The van der Waals surface area contributed by atoms with Gasteiger partial charge in [0.2, 0.25) is 5.91 Å². The van der Waals surface area contributed by atoms with Gasteiger partial charge in [0.05, 0.1) is 0 Å². The molecule has 0 aliphatic carbocycles. The molecule has 0 saturated carbocycles. The number of hydrogen-bond donors (Lipinski definition) is 2. The average molecular weight is 214 g/mol. The normalized spacial score (nSPS) is 22.1. The number of carbonyl (C=O) groups is 1. The first kappa shape index (κ1) is 12.5. The van der Waals surface area contributed by atoms with E-state index in [2.05, 4.69) is 12.2 Å². The molecule has 0 spiro atoms. The minimum atomic E-state index is -0.0625. The molecule has 1 atom stereocenters. The highest BCUT2D eigenvalue weighted by molar-refractivity contribution is 5.76. The van der Waals surface area contributed by atoms with Gasteiger partial charge in [-0.15, -0.1) is 0 Å². The molecular formula is C11H22N2O2. The van der Waals surface area contributed by atoms with E-state index in [4.69, 9.17) is 10.5 Å². The third kappa shape index (κ3) is 4.62. The highest BCUT2D eigenvalue weighted by Gasteiger charge is 2.27. The monoisotopic (exact) mass is 214 g/mol. The standard InChI is InChI=1S/C11H22N2O2/c1-9(12)7-10(14)13-8-11(2)3-5-15-6-4-11/h9H,3-8,12H2,1-2H3,(H,13,14). The second-order valence-electron chi connectivity index (χ2n) is 4.88. The van der Waals surface area contributed by atoms with Crippen molar-refractivity contribution in [3.8, 4) is 0 Å². The molecule has 1 aliphatic rings. The summed E-state index contributed by atoms with van der Waals surface area (Å²) < 4.78 is 5.30. The molecule has 3 N–H and O–H groups in total. The highest BCUT2D eigenvalue weighted by atomic mass is 16.5. The first-order chi connectivity index (χ1) is 7.02. The second kappa shape index (κ2) is 5.47. The Morgan fingerprint density at radius 2 is 2.13 bits per heavy atom. The van der Waals surface area contributed by atoms with Gasteiger partial charge < -0.3 is 15.8 Å². The molecule has 0 aromatic heterocycles. The number of rotatable bonds is 4. The summed E-state index contributed by atoms with van der Waals surface area (Å²) >= 11 is 0. The summed E-state index contributed by atoms with van der Waals surface area (Å²) in [5.74, 6) is 0.0534. The van der Waals surface area contributed by atoms with Gasteiger partial charge in [-0.3, -0.25) is 4.79 Å². The minimum absolute atomic E-state index is 0.0534. The summed E-state index contributed by atoms with van der Waals surface area (Å²) in [7, 11) is 0. The number of ether oxygens (including phenoxy) is 1. The van der Waals surface area contributed by atoms with Crippen molar-refractivity contribution >= 4 is 5.91 Å². The zero-order valence-electron chi connectivity index (χ0n) is 9.71. The summed E-state index contributed by atoms with van der Waals surface area (Å²) in [6, 6.07) is -0.0625. The number of nitrogens with one attached hydrogen (secondary N) is 1. The molecule has 0 aromatic carbocycles. The van der Waals surface area contributed by atoms with Gasteiger partial charge in [-0.2, -0.15) is 0 Å². The van der Waals surface area contributed by atoms with Crippen LogP contribution < -0.4 is 11.1 Å². The summed E-state index contributed by atoms with van der Waals surface area (Å²) in [6.07, 6.45) is 2.45. The topological polar surface area (TPSA) is 64.4 Å². The quantitative estimate of drug-likeness (QED) is 0.722.